The van der Waals surface area contributed by atoms with Crippen LogP contribution in [0.4, 0.5) is 4.39 Å². The van der Waals surface area contributed by atoms with Gasteiger partial charge in [0.15, 0.2) is 0 Å². The Kier molecular flexibility index (Phi) is 4.82. The number of likely N-dealkylation sites (N-methyl/N-ethyl adjacent to an activating group) is 1. The van der Waals surface area contributed by atoms with E-state index >= 15 is 0 Å². The van der Waals surface area contributed by atoms with Crippen LogP contribution in [0.3, 0.4) is 0 Å². The van der Waals surface area contributed by atoms with Gasteiger partial charge in [-0.2, -0.15) is 0 Å². The molecule has 20 heavy (non-hydrogen) atoms. The van der Waals surface area contributed by atoms with Gasteiger partial charge >= 0.3 is 0 Å². The van der Waals surface area contributed by atoms with Crippen LogP contribution in [-0.4, -0.2) is 29.6 Å². The van der Waals surface area contributed by atoms with Crippen molar-refractivity contribution < 1.29 is 9.50 Å². The van der Waals surface area contributed by atoms with Crippen molar-refractivity contribution >= 4 is 0 Å². The van der Waals surface area contributed by atoms with E-state index in [9.17, 15) is 9.50 Å². The number of hydrogen-bond acceptors (Lipinski definition) is 2. The maximum absolute atomic E-state index is 13.4. The fourth-order valence-electron chi connectivity index (χ4n) is 3.45. The van der Waals surface area contributed by atoms with Crippen molar-refractivity contribution in [3.05, 3.63) is 35.1 Å². The summed E-state index contributed by atoms with van der Waals surface area (Å²) in [6.45, 7) is 1.75. The van der Waals surface area contributed by atoms with E-state index in [1.807, 2.05) is 14.1 Å². The van der Waals surface area contributed by atoms with Crippen LogP contribution in [-0.2, 0) is 0 Å². The Bertz CT molecular complexity index is 450. The predicted molar refractivity (Wildman–Crippen MR) is 80.2 cm³/mol. The minimum absolute atomic E-state index is 0.208. The summed E-state index contributed by atoms with van der Waals surface area (Å²) in [6.07, 6.45) is 6.21. The number of aryl methyl sites for hydroxylation is 1. The van der Waals surface area contributed by atoms with Gasteiger partial charge in [-0.05, 0) is 51.1 Å². The lowest BCUT2D eigenvalue weighted by Gasteiger charge is -2.43. The quantitative estimate of drug-likeness (QED) is 0.850. The van der Waals surface area contributed by atoms with Crippen molar-refractivity contribution in [2.75, 3.05) is 14.1 Å². The topological polar surface area (TPSA) is 23.5 Å². The minimum Gasteiger partial charge on any atom is -0.386 e. The van der Waals surface area contributed by atoms with Crippen molar-refractivity contribution in [3.63, 3.8) is 0 Å². The van der Waals surface area contributed by atoms with E-state index in [4.69, 9.17) is 0 Å². The predicted octanol–water partition coefficient (Wildman–Crippen LogP) is 3.82. The van der Waals surface area contributed by atoms with E-state index in [1.54, 1.807) is 19.1 Å². The second-order valence-corrected chi connectivity index (χ2v) is 6.32. The number of nitrogens with zero attached hydrogens (tertiary/aromatic N) is 1. The van der Waals surface area contributed by atoms with Gasteiger partial charge in [0.25, 0.3) is 0 Å². The van der Waals surface area contributed by atoms with Gasteiger partial charge in [0, 0.05) is 0 Å². The van der Waals surface area contributed by atoms with Gasteiger partial charge in [-0.15, -0.1) is 0 Å². The third-order valence-corrected chi connectivity index (χ3v) is 4.87. The molecular weight excluding hydrogens is 253 g/mol. The molecule has 112 valence electrons. The molecule has 1 aliphatic rings. The van der Waals surface area contributed by atoms with Crippen molar-refractivity contribution in [3.8, 4) is 0 Å². The van der Waals surface area contributed by atoms with E-state index in [1.165, 1.54) is 18.9 Å². The lowest BCUT2D eigenvalue weighted by molar-refractivity contribution is -0.0199. The summed E-state index contributed by atoms with van der Waals surface area (Å²) in [6, 6.07) is 4.98. The van der Waals surface area contributed by atoms with Crippen LogP contribution < -0.4 is 0 Å². The Balaban J connectivity index is 2.34. The Hall–Kier alpha value is -0.930. The number of halogens is 1. The second-order valence-electron chi connectivity index (χ2n) is 6.32. The third-order valence-electron chi connectivity index (χ3n) is 4.87. The van der Waals surface area contributed by atoms with Gasteiger partial charge in [-0.3, -0.25) is 0 Å². The van der Waals surface area contributed by atoms with Gasteiger partial charge in [0.2, 0.25) is 0 Å². The first-order valence-electron chi connectivity index (χ1n) is 7.59. The highest BCUT2D eigenvalue weighted by Crippen LogP contribution is 2.41. The molecule has 0 aromatic heterocycles. The van der Waals surface area contributed by atoms with Crippen LogP contribution in [0.25, 0.3) is 0 Å². The standard InChI is InChI=1S/C17H26FNO/c1-13-12-14(8-9-15(13)18)16(20)17(19(2)3)10-6-4-5-7-11-17/h8-9,12,16,20H,4-7,10-11H2,1-3H3. The molecule has 1 aromatic carbocycles. The number of aliphatic hydroxyl groups excluding tert-OH is 1. The second kappa shape index (κ2) is 6.23. The molecule has 0 spiro atoms. The fourth-order valence-corrected chi connectivity index (χ4v) is 3.45. The molecule has 3 heteroatoms. The summed E-state index contributed by atoms with van der Waals surface area (Å²) in [5.41, 5.74) is 1.21. The molecule has 2 rings (SSSR count). The first-order valence-corrected chi connectivity index (χ1v) is 7.59. The molecular formula is C17H26FNO. The zero-order chi connectivity index (χ0) is 14.8. The molecule has 1 unspecified atom stereocenters. The summed E-state index contributed by atoms with van der Waals surface area (Å²) in [5.74, 6) is -0.208. The molecule has 0 heterocycles. The Morgan fingerprint density at radius 1 is 1.15 bits per heavy atom. The molecule has 1 atom stereocenters. The van der Waals surface area contributed by atoms with Gasteiger partial charge in [-0.1, -0.05) is 37.8 Å². The number of hydrogen-bond donors (Lipinski definition) is 1. The van der Waals surface area contributed by atoms with Crippen molar-refractivity contribution in [1.29, 1.82) is 0 Å². The van der Waals surface area contributed by atoms with Crippen LogP contribution in [0.1, 0.15) is 55.8 Å². The molecule has 0 aliphatic heterocycles. The van der Waals surface area contributed by atoms with Crippen molar-refractivity contribution in [2.24, 2.45) is 0 Å². The number of aliphatic hydroxyl groups is 1. The average Bonchev–Trinajstić information content (AvgIpc) is 2.67. The zero-order valence-electron chi connectivity index (χ0n) is 12.8. The molecule has 0 bridgehead atoms. The summed E-state index contributed by atoms with van der Waals surface area (Å²) < 4.78 is 13.4. The highest BCUT2D eigenvalue weighted by molar-refractivity contribution is 5.28. The van der Waals surface area contributed by atoms with Gasteiger partial charge < -0.3 is 10.0 Å². The van der Waals surface area contributed by atoms with Crippen molar-refractivity contribution in [1.82, 2.24) is 4.90 Å². The Labute approximate surface area is 121 Å². The monoisotopic (exact) mass is 279 g/mol. The SMILES string of the molecule is Cc1cc(C(O)C2(N(C)C)CCCCCC2)ccc1F. The third kappa shape index (κ3) is 2.89. The van der Waals surface area contributed by atoms with E-state index in [0.29, 0.717) is 5.56 Å². The van der Waals surface area contributed by atoms with Crippen LogP contribution >= 0.6 is 0 Å². The van der Waals surface area contributed by atoms with Crippen LogP contribution in [0.2, 0.25) is 0 Å². The van der Waals surface area contributed by atoms with Crippen molar-refractivity contribution in [2.45, 2.75) is 57.1 Å². The van der Waals surface area contributed by atoms with Crippen LogP contribution in [0.15, 0.2) is 18.2 Å². The molecule has 1 aliphatic carbocycles. The zero-order valence-corrected chi connectivity index (χ0v) is 12.8. The molecule has 2 nitrogen and oxygen atoms in total. The largest absolute Gasteiger partial charge is 0.386 e. The summed E-state index contributed by atoms with van der Waals surface area (Å²) in [7, 11) is 4.09. The molecule has 0 saturated heterocycles. The van der Waals surface area contributed by atoms with Crippen LogP contribution in [0.5, 0.6) is 0 Å². The molecule has 1 aromatic rings. The van der Waals surface area contributed by atoms with E-state index in [-0.39, 0.29) is 11.4 Å². The fraction of sp³-hybridized carbons (Fsp3) is 0.647. The molecule has 1 saturated carbocycles. The summed E-state index contributed by atoms with van der Waals surface area (Å²) >= 11 is 0. The molecule has 1 fully saturated rings. The maximum Gasteiger partial charge on any atom is 0.126 e. The van der Waals surface area contributed by atoms with Gasteiger partial charge in [0.05, 0.1) is 11.6 Å². The highest BCUT2D eigenvalue weighted by atomic mass is 19.1. The van der Waals surface area contributed by atoms with Gasteiger partial charge in [-0.25, -0.2) is 4.39 Å². The normalized spacial score (nSPS) is 20.7. The highest BCUT2D eigenvalue weighted by Gasteiger charge is 2.40. The maximum atomic E-state index is 13.4. The number of rotatable bonds is 3. The first-order chi connectivity index (χ1) is 9.47. The molecule has 0 amide bonds. The average molecular weight is 279 g/mol. The smallest absolute Gasteiger partial charge is 0.126 e. The lowest BCUT2D eigenvalue weighted by Crippen LogP contribution is -2.49. The van der Waals surface area contributed by atoms with E-state index in [2.05, 4.69) is 4.90 Å². The van der Waals surface area contributed by atoms with E-state index < -0.39 is 6.10 Å². The van der Waals surface area contributed by atoms with E-state index in [0.717, 1.165) is 31.2 Å². The molecule has 0 radical (unpaired) electrons. The number of benzene rings is 1. The lowest BCUT2D eigenvalue weighted by atomic mass is 9.79. The summed E-state index contributed by atoms with van der Waals surface area (Å²) in [4.78, 5) is 2.17. The summed E-state index contributed by atoms with van der Waals surface area (Å²) in [5, 5.41) is 10.9. The minimum atomic E-state index is -0.560. The van der Waals surface area contributed by atoms with Crippen LogP contribution in [0, 0.1) is 12.7 Å². The first kappa shape index (κ1) is 15.5. The molecule has 1 N–H and O–H groups in total. The van der Waals surface area contributed by atoms with Gasteiger partial charge in [0.1, 0.15) is 5.82 Å². The Morgan fingerprint density at radius 3 is 2.25 bits per heavy atom. The Morgan fingerprint density at radius 2 is 1.75 bits per heavy atom.